The Labute approximate surface area is 299 Å². The molecule has 2 fully saturated rings. The molecule has 0 spiro atoms. The van der Waals surface area contributed by atoms with E-state index in [0.717, 1.165) is 24.7 Å². The second-order valence-electron chi connectivity index (χ2n) is 19.0. The molecule has 0 aromatic heterocycles. The Morgan fingerprint density at radius 2 is 1.38 bits per heavy atom. The molecule has 0 saturated heterocycles. The van der Waals surface area contributed by atoms with Crippen LogP contribution in [-0.4, -0.2) is 12.1 Å². The zero-order chi connectivity index (χ0) is 35.0. The van der Waals surface area contributed by atoms with Crippen molar-refractivity contribution in [2.45, 2.75) is 223 Å². The summed E-state index contributed by atoms with van der Waals surface area (Å²) in [5, 5.41) is 0. The summed E-state index contributed by atoms with van der Waals surface area (Å²) in [6.07, 6.45) is 33.2. The Hall–Kier alpha value is -1.05. The maximum absolute atomic E-state index is 13.1. The summed E-state index contributed by atoms with van der Waals surface area (Å²) in [6, 6.07) is 0. The number of carbonyl (C=O) groups excluding carboxylic acids is 1. The van der Waals surface area contributed by atoms with Gasteiger partial charge in [-0.05, 0) is 118 Å². The van der Waals surface area contributed by atoms with Gasteiger partial charge in [-0.15, -0.1) is 0 Å². The molecule has 4 rings (SSSR count). The molecule has 48 heavy (non-hydrogen) atoms. The molecular formula is C46H80O2. The molecule has 0 aromatic rings. The molecule has 276 valence electrons. The highest BCUT2D eigenvalue weighted by Crippen LogP contribution is 2.72. The third-order valence-corrected chi connectivity index (χ3v) is 15.4. The summed E-state index contributed by atoms with van der Waals surface area (Å²) < 4.78 is 6.38. The average Bonchev–Trinajstić information content (AvgIpc) is 3.31. The zero-order valence-corrected chi connectivity index (χ0v) is 33.7. The van der Waals surface area contributed by atoms with Gasteiger partial charge in [0.1, 0.15) is 6.10 Å². The number of ether oxygens (including phenoxy) is 1. The number of rotatable bonds is 19. The van der Waals surface area contributed by atoms with Crippen LogP contribution in [0.3, 0.4) is 0 Å². The van der Waals surface area contributed by atoms with Crippen molar-refractivity contribution in [3.8, 4) is 0 Å². The number of allylic oxidation sites excluding steroid dienone is 4. The van der Waals surface area contributed by atoms with Crippen molar-refractivity contribution in [1.29, 1.82) is 0 Å². The standard InChI is InChI=1S/C46H80O2/c1-10-11-12-13-14-15-16-17-18-19-20-21-22-26-42(47)48-41-31-32-44(7)38-30-34-45(8)37(36(4)25-23-24-35(2)3)29-33-46(45,9)39(38)27-28-40(44)43(41,5)6/h24,36-37,40-41H,10-23,25-34H2,1-9H3/t36-,37-,40?,41?,44-,45+,46+/m1/s1. The number of unbranched alkanes of at least 4 members (excludes halogenated alkanes) is 12. The van der Waals surface area contributed by atoms with Crippen LogP contribution in [0.5, 0.6) is 0 Å². The lowest BCUT2D eigenvalue weighted by Gasteiger charge is -2.62. The van der Waals surface area contributed by atoms with Gasteiger partial charge in [-0.25, -0.2) is 0 Å². The molecule has 0 amide bonds. The van der Waals surface area contributed by atoms with E-state index >= 15 is 0 Å². The van der Waals surface area contributed by atoms with Crippen LogP contribution in [0, 0.1) is 39.4 Å². The van der Waals surface area contributed by atoms with E-state index in [1.54, 1.807) is 0 Å². The molecule has 0 heterocycles. The topological polar surface area (TPSA) is 26.3 Å². The molecule has 7 atom stereocenters. The first-order valence-corrected chi connectivity index (χ1v) is 21.4. The molecule has 0 aromatic carbocycles. The van der Waals surface area contributed by atoms with Crippen molar-refractivity contribution >= 4 is 5.97 Å². The number of hydrogen-bond donors (Lipinski definition) is 0. The second kappa shape index (κ2) is 17.4. The summed E-state index contributed by atoms with van der Waals surface area (Å²) in [7, 11) is 0. The van der Waals surface area contributed by atoms with E-state index < -0.39 is 0 Å². The predicted molar refractivity (Wildman–Crippen MR) is 207 cm³/mol. The molecule has 2 nitrogen and oxygen atoms in total. The molecule has 0 N–H and O–H groups in total. The van der Waals surface area contributed by atoms with Crippen LogP contribution in [-0.2, 0) is 9.53 Å². The fourth-order valence-electron chi connectivity index (χ4n) is 12.2. The largest absolute Gasteiger partial charge is 0.462 e. The smallest absolute Gasteiger partial charge is 0.306 e. The Morgan fingerprint density at radius 3 is 1.98 bits per heavy atom. The summed E-state index contributed by atoms with van der Waals surface area (Å²) in [5.74, 6) is 2.30. The predicted octanol–water partition coefficient (Wildman–Crippen LogP) is 14.5. The molecule has 4 aliphatic carbocycles. The monoisotopic (exact) mass is 665 g/mol. The highest BCUT2D eigenvalue weighted by molar-refractivity contribution is 5.69. The minimum absolute atomic E-state index is 0.0243. The number of esters is 1. The van der Waals surface area contributed by atoms with E-state index in [2.05, 4.69) is 68.4 Å². The molecule has 0 aliphatic heterocycles. The summed E-state index contributed by atoms with van der Waals surface area (Å²) in [5.41, 5.74) is 6.25. The molecule has 2 unspecified atom stereocenters. The van der Waals surface area contributed by atoms with Crippen LogP contribution >= 0.6 is 0 Å². The van der Waals surface area contributed by atoms with Gasteiger partial charge in [-0.1, -0.05) is 148 Å². The SMILES string of the molecule is CCCCCCCCCCCCCCCC(=O)OC1CC[C@]2(C)C3=C(CCC2C1(C)C)[C@]1(C)CC[C@H]([C@H](C)CCC=C(C)C)[C@]1(C)CC3. The molecule has 4 aliphatic rings. The number of hydrogen-bond acceptors (Lipinski definition) is 2. The van der Waals surface area contributed by atoms with Gasteiger partial charge in [0, 0.05) is 11.8 Å². The van der Waals surface area contributed by atoms with Gasteiger partial charge in [0.2, 0.25) is 0 Å². The van der Waals surface area contributed by atoms with Crippen LogP contribution < -0.4 is 0 Å². The lowest BCUT2D eigenvalue weighted by molar-refractivity contribution is -0.170. The van der Waals surface area contributed by atoms with E-state index in [-0.39, 0.29) is 22.9 Å². The first kappa shape index (κ1) is 39.7. The Kier molecular flexibility index (Phi) is 14.4. The minimum atomic E-state index is 0.0243. The normalized spacial score (nSPS) is 33.1. The second-order valence-corrected chi connectivity index (χ2v) is 19.0. The maximum atomic E-state index is 13.1. The van der Waals surface area contributed by atoms with Crippen molar-refractivity contribution in [2.24, 2.45) is 39.4 Å². The fourth-order valence-corrected chi connectivity index (χ4v) is 12.2. The summed E-state index contributed by atoms with van der Waals surface area (Å²) >= 11 is 0. The van der Waals surface area contributed by atoms with Gasteiger partial charge in [0.25, 0.3) is 0 Å². The van der Waals surface area contributed by atoms with Crippen LogP contribution in [0.1, 0.15) is 216 Å². The molecule has 0 radical (unpaired) electrons. The van der Waals surface area contributed by atoms with Crippen molar-refractivity contribution in [2.75, 3.05) is 0 Å². The van der Waals surface area contributed by atoms with Gasteiger partial charge < -0.3 is 4.74 Å². The van der Waals surface area contributed by atoms with Gasteiger partial charge in [-0.3, -0.25) is 4.79 Å². The van der Waals surface area contributed by atoms with E-state index in [1.807, 2.05) is 11.1 Å². The van der Waals surface area contributed by atoms with Gasteiger partial charge >= 0.3 is 5.97 Å². The lowest BCUT2D eigenvalue weighted by atomic mass is 9.43. The van der Waals surface area contributed by atoms with Crippen LogP contribution in [0.25, 0.3) is 0 Å². The first-order valence-electron chi connectivity index (χ1n) is 21.4. The minimum Gasteiger partial charge on any atom is -0.462 e. The van der Waals surface area contributed by atoms with Gasteiger partial charge in [0.15, 0.2) is 0 Å². The highest BCUT2D eigenvalue weighted by atomic mass is 16.5. The first-order chi connectivity index (χ1) is 22.8. The average molecular weight is 665 g/mol. The number of carbonyl (C=O) groups is 1. The van der Waals surface area contributed by atoms with Crippen molar-refractivity contribution < 1.29 is 9.53 Å². The fraction of sp³-hybridized carbons (Fsp3) is 0.891. The van der Waals surface area contributed by atoms with Crippen molar-refractivity contribution in [3.63, 3.8) is 0 Å². The van der Waals surface area contributed by atoms with E-state index in [4.69, 9.17) is 4.74 Å². The van der Waals surface area contributed by atoms with Crippen LogP contribution in [0.15, 0.2) is 22.8 Å². The van der Waals surface area contributed by atoms with Gasteiger partial charge in [0.05, 0.1) is 0 Å². The van der Waals surface area contributed by atoms with E-state index in [1.165, 1.54) is 140 Å². The third-order valence-electron chi connectivity index (χ3n) is 15.4. The van der Waals surface area contributed by atoms with E-state index in [9.17, 15) is 4.79 Å². The van der Waals surface area contributed by atoms with Crippen molar-refractivity contribution in [1.82, 2.24) is 0 Å². The Morgan fingerprint density at radius 1 is 0.771 bits per heavy atom. The molecule has 2 saturated carbocycles. The lowest BCUT2D eigenvalue weighted by Crippen LogP contribution is -2.55. The van der Waals surface area contributed by atoms with E-state index in [0.29, 0.717) is 23.2 Å². The number of fused-ring (bicyclic) bond motifs is 4. The zero-order valence-electron chi connectivity index (χ0n) is 33.7. The molecular weight excluding hydrogens is 585 g/mol. The van der Waals surface area contributed by atoms with Crippen LogP contribution in [0.4, 0.5) is 0 Å². The Bertz CT molecular complexity index is 1090. The molecule has 0 bridgehead atoms. The highest BCUT2D eigenvalue weighted by Gasteiger charge is 2.63. The van der Waals surface area contributed by atoms with Crippen molar-refractivity contribution in [3.05, 3.63) is 22.8 Å². The summed E-state index contributed by atoms with van der Waals surface area (Å²) in [6.45, 7) is 22.2. The third kappa shape index (κ3) is 8.69. The molecule has 2 heteroatoms. The maximum Gasteiger partial charge on any atom is 0.306 e. The van der Waals surface area contributed by atoms with Crippen LogP contribution in [0.2, 0.25) is 0 Å². The summed E-state index contributed by atoms with van der Waals surface area (Å²) in [4.78, 5) is 13.1. The Balaban J connectivity index is 1.26. The quantitative estimate of drug-likeness (QED) is 0.0780. The van der Waals surface area contributed by atoms with Gasteiger partial charge in [-0.2, -0.15) is 0 Å².